The third kappa shape index (κ3) is 5.82. The maximum atomic E-state index is 12.4. The zero-order valence-electron chi connectivity index (χ0n) is 16.4. The molecule has 0 saturated heterocycles. The fourth-order valence-corrected chi connectivity index (χ4v) is 3.84. The van der Waals surface area contributed by atoms with Gasteiger partial charge in [0, 0.05) is 18.7 Å². The van der Waals surface area contributed by atoms with Gasteiger partial charge in [0.1, 0.15) is 0 Å². The smallest absolute Gasteiger partial charge is 0.232 e. The molecule has 0 fully saturated rings. The molecule has 2 rings (SSSR count). The highest BCUT2D eigenvalue weighted by molar-refractivity contribution is 7.92. The minimum absolute atomic E-state index is 0.0784. The van der Waals surface area contributed by atoms with E-state index < -0.39 is 10.0 Å². The number of aryl methyl sites for hydroxylation is 1. The molecule has 5 nitrogen and oxygen atoms in total. The summed E-state index contributed by atoms with van der Waals surface area (Å²) in [4.78, 5) is 12.4. The van der Waals surface area contributed by atoms with E-state index in [4.69, 9.17) is 0 Å². The molecule has 0 radical (unpaired) electrons. The first-order valence-electron chi connectivity index (χ1n) is 9.17. The van der Waals surface area contributed by atoms with Crippen LogP contribution in [0.4, 0.5) is 11.4 Å². The van der Waals surface area contributed by atoms with E-state index in [1.165, 1.54) is 4.31 Å². The van der Waals surface area contributed by atoms with Gasteiger partial charge in [-0.1, -0.05) is 51.1 Å². The van der Waals surface area contributed by atoms with Crippen LogP contribution in [0.2, 0.25) is 0 Å². The van der Waals surface area contributed by atoms with E-state index in [9.17, 15) is 13.2 Å². The van der Waals surface area contributed by atoms with Crippen LogP contribution in [-0.4, -0.2) is 27.1 Å². The van der Waals surface area contributed by atoms with E-state index in [0.29, 0.717) is 5.69 Å². The van der Waals surface area contributed by atoms with Crippen molar-refractivity contribution in [2.75, 3.05) is 22.4 Å². The first-order chi connectivity index (χ1) is 12.7. The molecule has 0 unspecified atom stereocenters. The molecule has 0 heterocycles. The molecule has 0 aliphatic carbocycles. The van der Waals surface area contributed by atoms with E-state index in [0.717, 1.165) is 29.5 Å². The first kappa shape index (κ1) is 21.0. The van der Waals surface area contributed by atoms with Crippen LogP contribution >= 0.6 is 0 Å². The quantitative estimate of drug-likeness (QED) is 0.738. The lowest BCUT2D eigenvalue weighted by atomic mass is 10.0. The van der Waals surface area contributed by atoms with Crippen molar-refractivity contribution in [2.45, 2.75) is 39.5 Å². The number of sulfonamides is 1. The summed E-state index contributed by atoms with van der Waals surface area (Å²) in [5, 5.41) is 2.91. The molecule has 2 aromatic carbocycles. The van der Waals surface area contributed by atoms with Gasteiger partial charge in [-0.25, -0.2) is 8.42 Å². The lowest BCUT2D eigenvalue weighted by molar-refractivity contribution is -0.116. The Bertz CT molecular complexity index is 875. The summed E-state index contributed by atoms with van der Waals surface area (Å²) < 4.78 is 25.7. The highest BCUT2D eigenvalue weighted by atomic mass is 32.2. The topological polar surface area (TPSA) is 66.5 Å². The molecule has 0 aromatic heterocycles. The minimum atomic E-state index is -3.47. The molecule has 27 heavy (non-hydrogen) atoms. The van der Waals surface area contributed by atoms with Crippen molar-refractivity contribution in [3.63, 3.8) is 0 Å². The average Bonchev–Trinajstić information content (AvgIpc) is 2.61. The van der Waals surface area contributed by atoms with Crippen molar-refractivity contribution in [1.29, 1.82) is 0 Å². The van der Waals surface area contributed by atoms with Crippen LogP contribution in [0.15, 0.2) is 48.5 Å². The zero-order chi connectivity index (χ0) is 20.0. The Morgan fingerprint density at radius 1 is 1.07 bits per heavy atom. The Balaban J connectivity index is 2.10. The summed E-state index contributed by atoms with van der Waals surface area (Å²) in [7, 11) is -3.47. The van der Waals surface area contributed by atoms with Crippen molar-refractivity contribution in [3.8, 4) is 0 Å². The first-order valence-corrected chi connectivity index (χ1v) is 11.0. The Labute approximate surface area is 162 Å². The molecular formula is C21H28N2O3S. The van der Waals surface area contributed by atoms with Gasteiger partial charge in [-0.3, -0.25) is 9.10 Å². The molecule has 0 bridgehead atoms. The number of nitrogens with zero attached hydrogens (tertiary/aromatic N) is 1. The minimum Gasteiger partial charge on any atom is -0.326 e. The maximum Gasteiger partial charge on any atom is 0.232 e. The summed E-state index contributed by atoms with van der Waals surface area (Å²) in [5.74, 6) is 0.0769. The second kappa shape index (κ2) is 9.04. The van der Waals surface area contributed by atoms with E-state index in [2.05, 4.69) is 19.2 Å². The van der Waals surface area contributed by atoms with Crippen molar-refractivity contribution in [3.05, 3.63) is 59.7 Å². The SMILES string of the molecule is CCc1ccc(N(CCC(=O)Nc2ccccc2C(C)C)S(C)(=O)=O)cc1. The number of benzene rings is 2. The third-order valence-electron chi connectivity index (χ3n) is 4.43. The van der Waals surface area contributed by atoms with Crippen LogP contribution in [0.5, 0.6) is 0 Å². The van der Waals surface area contributed by atoms with Crippen molar-refractivity contribution in [1.82, 2.24) is 0 Å². The van der Waals surface area contributed by atoms with Crippen molar-refractivity contribution < 1.29 is 13.2 Å². The van der Waals surface area contributed by atoms with Gasteiger partial charge in [0.2, 0.25) is 15.9 Å². The fraction of sp³-hybridized carbons (Fsp3) is 0.381. The van der Waals surface area contributed by atoms with Crippen LogP contribution in [-0.2, 0) is 21.2 Å². The predicted octanol–water partition coefficient (Wildman–Crippen LogP) is 4.17. The lowest BCUT2D eigenvalue weighted by Gasteiger charge is -2.22. The Morgan fingerprint density at radius 3 is 2.26 bits per heavy atom. The molecule has 2 aromatic rings. The number of anilines is 2. The summed E-state index contributed by atoms with van der Waals surface area (Å²) in [5.41, 5.74) is 3.54. The van der Waals surface area contributed by atoms with Gasteiger partial charge >= 0.3 is 0 Å². The largest absolute Gasteiger partial charge is 0.326 e. The number of amides is 1. The Hall–Kier alpha value is -2.34. The number of hydrogen-bond acceptors (Lipinski definition) is 3. The second-order valence-corrected chi connectivity index (χ2v) is 8.80. The van der Waals surface area contributed by atoms with Gasteiger partial charge < -0.3 is 5.32 Å². The lowest BCUT2D eigenvalue weighted by Crippen LogP contribution is -2.33. The summed E-state index contributed by atoms with van der Waals surface area (Å²) >= 11 is 0. The normalized spacial score (nSPS) is 11.4. The van der Waals surface area contributed by atoms with Crippen molar-refractivity contribution >= 4 is 27.3 Å². The molecule has 0 saturated carbocycles. The molecule has 0 aliphatic rings. The van der Waals surface area contributed by atoms with Crippen LogP contribution in [0, 0.1) is 0 Å². The molecular weight excluding hydrogens is 360 g/mol. The number of hydrogen-bond donors (Lipinski definition) is 1. The van der Waals surface area contributed by atoms with E-state index in [1.807, 2.05) is 43.3 Å². The van der Waals surface area contributed by atoms with Crippen LogP contribution < -0.4 is 9.62 Å². The number of para-hydroxylation sites is 1. The van der Waals surface area contributed by atoms with Crippen LogP contribution in [0.25, 0.3) is 0 Å². The van der Waals surface area contributed by atoms with Gasteiger partial charge in [-0.15, -0.1) is 0 Å². The number of carbonyl (C=O) groups excluding carboxylic acids is 1. The standard InChI is InChI=1S/C21H28N2O3S/c1-5-17-10-12-18(13-11-17)23(27(4,25)26)15-14-21(24)22-20-9-7-6-8-19(20)16(2)3/h6-13,16H,5,14-15H2,1-4H3,(H,22,24). The number of carbonyl (C=O) groups is 1. The fourth-order valence-electron chi connectivity index (χ4n) is 2.91. The van der Waals surface area contributed by atoms with E-state index in [-0.39, 0.29) is 24.8 Å². The molecule has 146 valence electrons. The zero-order valence-corrected chi connectivity index (χ0v) is 17.2. The summed E-state index contributed by atoms with van der Waals surface area (Å²) in [6.07, 6.45) is 2.12. The molecule has 1 N–H and O–H groups in total. The Morgan fingerprint density at radius 2 is 1.70 bits per heavy atom. The number of rotatable bonds is 8. The predicted molar refractivity (Wildman–Crippen MR) is 112 cm³/mol. The molecule has 1 amide bonds. The summed E-state index contributed by atoms with van der Waals surface area (Å²) in [6, 6.07) is 15.1. The van der Waals surface area contributed by atoms with E-state index >= 15 is 0 Å². The highest BCUT2D eigenvalue weighted by Crippen LogP contribution is 2.24. The van der Waals surface area contributed by atoms with E-state index in [1.54, 1.807) is 12.1 Å². The molecule has 0 spiro atoms. The average molecular weight is 389 g/mol. The molecule has 0 atom stereocenters. The Kier molecular flexibility index (Phi) is 7.02. The summed E-state index contributed by atoms with van der Waals surface area (Å²) in [6.45, 7) is 6.27. The third-order valence-corrected chi connectivity index (χ3v) is 5.63. The van der Waals surface area contributed by atoms with Gasteiger partial charge in [-0.05, 0) is 41.7 Å². The van der Waals surface area contributed by atoms with Gasteiger partial charge in [0.05, 0.1) is 11.9 Å². The monoisotopic (exact) mass is 388 g/mol. The van der Waals surface area contributed by atoms with Crippen LogP contribution in [0.3, 0.4) is 0 Å². The molecule has 6 heteroatoms. The van der Waals surface area contributed by atoms with Crippen molar-refractivity contribution in [2.24, 2.45) is 0 Å². The maximum absolute atomic E-state index is 12.4. The second-order valence-electron chi connectivity index (χ2n) is 6.90. The van der Waals surface area contributed by atoms with Gasteiger partial charge in [0.25, 0.3) is 0 Å². The van der Waals surface area contributed by atoms with Gasteiger partial charge in [0.15, 0.2) is 0 Å². The van der Waals surface area contributed by atoms with Crippen LogP contribution in [0.1, 0.15) is 44.2 Å². The molecule has 0 aliphatic heterocycles. The number of nitrogens with one attached hydrogen (secondary N) is 1. The highest BCUT2D eigenvalue weighted by Gasteiger charge is 2.19. The van der Waals surface area contributed by atoms with Gasteiger partial charge in [-0.2, -0.15) is 0 Å².